The van der Waals surface area contributed by atoms with Crippen LogP contribution in [-0.2, 0) is 38.1 Å². The summed E-state index contributed by atoms with van der Waals surface area (Å²) < 4.78 is 27.2. The van der Waals surface area contributed by atoms with Gasteiger partial charge in [0.15, 0.2) is 23.3 Å². The maximum Gasteiger partial charge on any atom is 0.303 e. The number of carbonyl (C=O) groups excluding carboxylic acids is 3. The van der Waals surface area contributed by atoms with Crippen molar-refractivity contribution in [1.29, 1.82) is 0 Å². The zero-order valence-corrected chi connectivity index (χ0v) is 16.2. The molecule has 142 valence electrons. The third-order valence-electron chi connectivity index (χ3n) is 3.36. The van der Waals surface area contributed by atoms with E-state index in [4.69, 9.17) is 23.7 Å². The Morgan fingerprint density at radius 1 is 1.04 bits per heavy atom. The molecule has 0 bridgehead atoms. The third kappa shape index (κ3) is 6.41. The zero-order chi connectivity index (χ0) is 19.1. The van der Waals surface area contributed by atoms with Crippen LogP contribution in [0, 0.1) is 0 Å². The van der Waals surface area contributed by atoms with Crippen LogP contribution in [0.4, 0.5) is 0 Å². The first-order valence-corrected chi connectivity index (χ1v) is 8.62. The van der Waals surface area contributed by atoms with Crippen molar-refractivity contribution in [3.63, 3.8) is 0 Å². The van der Waals surface area contributed by atoms with Crippen LogP contribution in [0.15, 0.2) is 12.7 Å². The average Bonchev–Trinajstić information content (AvgIpc) is 2.49. The van der Waals surface area contributed by atoms with Gasteiger partial charge in [0, 0.05) is 20.8 Å². The van der Waals surface area contributed by atoms with Crippen molar-refractivity contribution >= 4 is 33.8 Å². The van der Waals surface area contributed by atoms with Crippen molar-refractivity contribution in [1.82, 2.24) is 0 Å². The third-order valence-corrected chi connectivity index (χ3v) is 4.10. The van der Waals surface area contributed by atoms with Crippen LogP contribution < -0.4 is 0 Å². The fourth-order valence-corrected chi connectivity index (χ4v) is 3.14. The SMILES string of the molecule is C=CCO[C@@H](C)[C@H]1O[C@H](Br)[C@H](OC(C)=O)[C@@H](OC(C)=O)[C@H]1OC(C)=O. The van der Waals surface area contributed by atoms with Crippen LogP contribution in [-0.4, -0.2) is 60.0 Å². The van der Waals surface area contributed by atoms with E-state index >= 15 is 0 Å². The van der Waals surface area contributed by atoms with Gasteiger partial charge in [-0.2, -0.15) is 0 Å². The Kier molecular flexibility index (Phi) is 8.54. The van der Waals surface area contributed by atoms with Gasteiger partial charge in [-0.3, -0.25) is 14.4 Å². The maximum absolute atomic E-state index is 11.5. The number of hydrogen-bond acceptors (Lipinski definition) is 8. The van der Waals surface area contributed by atoms with Crippen molar-refractivity contribution < 1.29 is 38.1 Å². The molecule has 0 N–H and O–H groups in total. The van der Waals surface area contributed by atoms with Gasteiger partial charge in [-0.05, 0) is 6.92 Å². The molecule has 25 heavy (non-hydrogen) atoms. The van der Waals surface area contributed by atoms with Crippen LogP contribution in [0.2, 0.25) is 0 Å². The summed E-state index contributed by atoms with van der Waals surface area (Å²) in [6.07, 6.45) is -2.77. The second kappa shape index (κ2) is 9.88. The number of esters is 3. The van der Waals surface area contributed by atoms with E-state index in [1.165, 1.54) is 20.8 Å². The molecule has 1 heterocycles. The Morgan fingerprint density at radius 2 is 1.52 bits per heavy atom. The molecule has 0 aromatic heterocycles. The molecule has 6 atom stereocenters. The smallest absolute Gasteiger partial charge is 0.303 e. The van der Waals surface area contributed by atoms with Crippen molar-refractivity contribution in [3.05, 3.63) is 12.7 Å². The summed E-state index contributed by atoms with van der Waals surface area (Å²) in [7, 11) is 0. The lowest BCUT2D eigenvalue weighted by Crippen LogP contribution is -2.62. The van der Waals surface area contributed by atoms with Crippen LogP contribution in [0.25, 0.3) is 0 Å². The molecule has 0 radical (unpaired) electrons. The average molecular weight is 423 g/mol. The molecule has 0 unspecified atom stereocenters. The number of alkyl halides is 1. The quantitative estimate of drug-likeness (QED) is 0.263. The van der Waals surface area contributed by atoms with E-state index in [1.807, 2.05) is 0 Å². The van der Waals surface area contributed by atoms with Gasteiger partial charge in [-0.1, -0.05) is 22.0 Å². The molecule has 0 aromatic carbocycles. The Morgan fingerprint density at radius 3 is 2.00 bits per heavy atom. The first-order valence-electron chi connectivity index (χ1n) is 7.71. The van der Waals surface area contributed by atoms with E-state index < -0.39 is 53.4 Å². The number of hydrogen-bond donors (Lipinski definition) is 0. The zero-order valence-electron chi connectivity index (χ0n) is 14.6. The lowest BCUT2D eigenvalue weighted by molar-refractivity contribution is -0.245. The molecule has 0 saturated carbocycles. The summed E-state index contributed by atoms with van der Waals surface area (Å²) in [5, 5.41) is -0.785. The normalized spacial score (nSPS) is 30.0. The highest BCUT2D eigenvalue weighted by Crippen LogP contribution is 2.33. The Hall–Kier alpha value is -1.45. The predicted molar refractivity (Wildman–Crippen MR) is 89.9 cm³/mol. The number of carbonyl (C=O) groups is 3. The highest BCUT2D eigenvalue weighted by atomic mass is 79.9. The molecule has 1 aliphatic heterocycles. The first kappa shape index (κ1) is 21.6. The topological polar surface area (TPSA) is 97.4 Å². The van der Waals surface area contributed by atoms with Gasteiger partial charge in [0.05, 0.1) is 12.7 Å². The summed E-state index contributed by atoms with van der Waals surface area (Å²) in [6.45, 7) is 9.20. The highest BCUT2D eigenvalue weighted by Gasteiger charge is 2.52. The molecule has 9 heteroatoms. The lowest BCUT2D eigenvalue weighted by atomic mass is 9.96. The van der Waals surface area contributed by atoms with E-state index in [9.17, 15) is 14.4 Å². The molecule has 1 saturated heterocycles. The molecule has 0 spiro atoms. The van der Waals surface area contributed by atoms with E-state index in [1.54, 1.807) is 13.0 Å². The van der Waals surface area contributed by atoms with Gasteiger partial charge in [0.25, 0.3) is 0 Å². The molecule has 1 fully saturated rings. The molecular formula is C16H23BrO8. The Balaban J connectivity index is 3.17. The number of rotatable bonds is 7. The van der Waals surface area contributed by atoms with Gasteiger partial charge in [-0.25, -0.2) is 0 Å². The first-order chi connectivity index (χ1) is 11.7. The summed E-state index contributed by atoms with van der Waals surface area (Å²) in [4.78, 5) is 34.5. The minimum atomic E-state index is -1.05. The molecule has 1 rings (SSSR count). The van der Waals surface area contributed by atoms with Crippen LogP contribution in [0.3, 0.4) is 0 Å². The summed E-state index contributed by atoms with van der Waals surface area (Å²) in [5.74, 6) is -1.80. The molecule has 0 amide bonds. The summed E-state index contributed by atoms with van der Waals surface area (Å²) in [6, 6.07) is 0. The van der Waals surface area contributed by atoms with E-state index in [-0.39, 0.29) is 6.61 Å². The standard InChI is InChI=1S/C16H23BrO8/c1-6-7-21-8(2)12-13(22-9(3)18)14(23-10(4)19)15(16(17)25-12)24-11(5)20/h6,8,12-16H,1,7H2,2-5H3/t8-,12+,13-,14-,15+,16-/m0/s1. The minimum absolute atomic E-state index is 0.256. The van der Waals surface area contributed by atoms with Gasteiger partial charge in [0.1, 0.15) is 6.10 Å². The maximum atomic E-state index is 11.5. The fraction of sp³-hybridized carbons (Fsp3) is 0.688. The second-order valence-electron chi connectivity index (χ2n) is 5.50. The van der Waals surface area contributed by atoms with Crippen LogP contribution in [0.5, 0.6) is 0 Å². The van der Waals surface area contributed by atoms with Crippen molar-refractivity contribution in [2.24, 2.45) is 0 Å². The van der Waals surface area contributed by atoms with Crippen molar-refractivity contribution in [3.8, 4) is 0 Å². The molecule has 1 aliphatic rings. The monoisotopic (exact) mass is 422 g/mol. The largest absolute Gasteiger partial charge is 0.456 e. The summed E-state index contributed by atoms with van der Waals surface area (Å²) >= 11 is 3.28. The molecule has 0 aliphatic carbocycles. The minimum Gasteiger partial charge on any atom is -0.456 e. The van der Waals surface area contributed by atoms with Gasteiger partial charge in [-0.15, -0.1) is 6.58 Å². The fourth-order valence-electron chi connectivity index (χ4n) is 2.48. The van der Waals surface area contributed by atoms with Gasteiger partial charge < -0.3 is 23.7 Å². The molecular weight excluding hydrogens is 400 g/mol. The van der Waals surface area contributed by atoms with Gasteiger partial charge >= 0.3 is 17.9 Å². The molecule has 8 nitrogen and oxygen atoms in total. The van der Waals surface area contributed by atoms with E-state index in [2.05, 4.69) is 22.5 Å². The van der Waals surface area contributed by atoms with Crippen molar-refractivity contribution in [2.45, 2.75) is 63.2 Å². The number of halogens is 1. The van der Waals surface area contributed by atoms with Crippen LogP contribution in [0.1, 0.15) is 27.7 Å². The summed E-state index contributed by atoms with van der Waals surface area (Å²) in [5.41, 5.74) is 0. The van der Waals surface area contributed by atoms with E-state index in [0.717, 1.165) is 0 Å². The highest BCUT2D eigenvalue weighted by molar-refractivity contribution is 9.09. The number of ether oxygens (including phenoxy) is 5. The lowest BCUT2D eigenvalue weighted by Gasteiger charge is -2.44. The Bertz CT molecular complexity index is 508. The van der Waals surface area contributed by atoms with E-state index in [0.29, 0.717) is 0 Å². The second-order valence-corrected chi connectivity index (χ2v) is 6.40. The predicted octanol–water partition coefficient (Wildman–Crippen LogP) is 1.49. The Labute approximate surface area is 154 Å². The molecule has 0 aromatic rings. The van der Waals surface area contributed by atoms with Gasteiger partial charge in [0.2, 0.25) is 0 Å². The van der Waals surface area contributed by atoms with Crippen molar-refractivity contribution in [2.75, 3.05) is 6.61 Å². The van der Waals surface area contributed by atoms with Crippen LogP contribution >= 0.6 is 15.9 Å².